The second kappa shape index (κ2) is 10.8. The predicted octanol–water partition coefficient (Wildman–Crippen LogP) is 3.97. The highest BCUT2D eigenvalue weighted by atomic mass is 35.5. The number of ether oxygens (including phenoxy) is 1. The lowest BCUT2D eigenvalue weighted by molar-refractivity contribution is -0.432. The number of nitrogens with two attached hydrogens (primary N) is 2. The number of hydrogen-bond acceptors (Lipinski definition) is 6. The molecule has 212 valence electrons. The van der Waals surface area contributed by atoms with Gasteiger partial charge in [0.15, 0.2) is 5.82 Å². The van der Waals surface area contributed by atoms with Crippen LogP contribution in [0.3, 0.4) is 0 Å². The predicted molar refractivity (Wildman–Crippen MR) is 155 cm³/mol. The maximum Gasteiger partial charge on any atom is 0.355 e. The Morgan fingerprint density at radius 3 is 2.73 bits per heavy atom. The Morgan fingerprint density at radius 2 is 2.00 bits per heavy atom. The van der Waals surface area contributed by atoms with Gasteiger partial charge in [0.2, 0.25) is 12.2 Å². The molecule has 0 saturated heterocycles. The lowest BCUT2D eigenvalue weighted by Crippen LogP contribution is -2.76. The minimum atomic E-state index is -0.745. The molecular formula is C29H29ClFN6O4+. The van der Waals surface area contributed by atoms with Gasteiger partial charge in [0, 0.05) is 34.4 Å². The van der Waals surface area contributed by atoms with Crippen molar-refractivity contribution in [3.63, 3.8) is 0 Å². The van der Waals surface area contributed by atoms with Gasteiger partial charge in [0.25, 0.3) is 5.56 Å². The fourth-order valence-corrected chi connectivity index (χ4v) is 5.15. The molecule has 1 aliphatic heterocycles. The van der Waals surface area contributed by atoms with Crippen molar-refractivity contribution in [1.29, 1.82) is 0 Å². The Kier molecular flexibility index (Phi) is 7.41. The molecule has 0 radical (unpaired) electrons. The molecule has 0 spiro atoms. The van der Waals surface area contributed by atoms with E-state index in [4.69, 9.17) is 22.2 Å². The summed E-state index contributed by atoms with van der Waals surface area (Å²) in [6.45, 7) is 5.37. The molecule has 0 bridgehead atoms. The van der Waals surface area contributed by atoms with Crippen LogP contribution in [0.5, 0.6) is 0 Å². The molecule has 41 heavy (non-hydrogen) atoms. The number of halogens is 2. The number of carbonyl (C=O) groups is 2. The van der Waals surface area contributed by atoms with Crippen LogP contribution in [0.4, 0.5) is 15.8 Å². The van der Waals surface area contributed by atoms with Crippen LogP contribution in [0.15, 0.2) is 58.4 Å². The first-order valence-corrected chi connectivity index (χ1v) is 13.3. The third-order valence-corrected chi connectivity index (χ3v) is 6.99. The van der Waals surface area contributed by atoms with Gasteiger partial charge >= 0.3 is 5.97 Å². The number of hydrazone groups is 1. The Balaban J connectivity index is 1.40. The van der Waals surface area contributed by atoms with Crippen molar-refractivity contribution in [3.8, 4) is 11.1 Å². The summed E-state index contributed by atoms with van der Waals surface area (Å²) in [5, 5.41) is 8.46. The van der Waals surface area contributed by atoms with Crippen LogP contribution < -0.4 is 22.0 Å². The van der Waals surface area contributed by atoms with Gasteiger partial charge in [0.1, 0.15) is 23.0 Å². The molecule has 0 saturated carbocycles. The molecule has 0 fully saturated rings. The first-order chi connectivity index (χ1) is 19.4. The normalized spacial score (nSPS) is 14.9. The number of esters is 1. The molecule has 4 aromatic rings. The number of aromatic nitrogens is 2. The number of anilines is 1. The summed E-state index contributed by atoms with van der Waals surface area (Å²) >= 11 is 6.04. The summed E-state index contributed by atoms with van der Waals surface area (Å²) in [4.78, 5) is 42.0. The maximum atomic E-state index is 15.1. The Hall–Kier alpha value is -4.48. The average Bonchev–Trinajstić information content (AvgIpc) is 3.53. The van der Waals surface area contributed by atoms with Crippen LogP contribution in [0.25, 0.3) is 22.0 Å². The highest BCUT2D eigenvalue weighted by molar-refractivity contribution is 6.31. The topological polar surface area (TPSA) is 148 Å². The van der Waals surface area contributed by atoms with E-state index in [1.807, 2.05) is 0 Å². The molecule has 1 atom stereocenters. The first-order valence-electron chi connectivity index (χ1n) is 12.9. The van der Waals surface area contributed by atoms with Crippen molar-refractivity contribution in [2.24, 2.45) is 10.9 Å². The van der Waals surface area contributed by atoms with Gasteiger partial charge in [-0.25, -0.2) is 9.18 Å². The summed E-state index contributed by atoms with van der Waals surface area (Å²) in [7, 11) is 0. The number of pyridine rings is 1. The molecule has 2 aromatic heterocycles. The van der Waals surface area contributed by atoms with E-state index < -0.39 is 29.0 Å². The van der Waals surface area contributed by atoms with Crippen molar-refractivity contribution in [2.75, 3.05) is 5.32 Å². The van der Waals surface area contributed by atoms with Crippen LogP contribution >= 0.6 is 11.6 Å². The third kappa shape index (κ3) is 5.72. The average molecular weight is 580 g/mol. The summed E-state index contributed by atoms with van der Waals surface area (Å²) in [5.74, 6) is 3.69. The smallest absolute Gasteiger partial charge is 0.355 e. The van der Waals surface area contributed by atoms with Crippen molar-refractivity contribution < 1.29 is 24.0 Å². The molecule has 6 N–H and O–H groups in total. The van der Waals surface area contributed by atoms with Gasteiger partial charge in [-0.2, -0.15) is 0 Å². The van der Waals surface area contributed by atoms with E-state index in [2.05, 4.69) is 15.4 Å². The molecule has 1 aliphatic rings. The molecule has 5 rings (SSSR count). The zero-order valence-corrected chi connectivity index (χ0v) is 23.4. The molecule has 0 unspecified atom stereocenters. The van der Waals surface area contributed by atoms with Crippen molar-refractivity contribution >= 4 is 52.1 Å². The van der Waals surface area contributed by atoms with Gasteiger partial charge in [-0.15, -0.1) is 5.10 Å². The number of quaternary nitrogens is 1. The Bertz CT molecular complexity index is 1770. The number of H-pyrrole nitrogens is 1. The summed E-state index contributed by atoms with van der Waals surface area (Å²) < 4.78 is 22.0. The van der Waals surface area contributed by atoms with Crippen molar-refractivity contribution in [1.82, 2.24) is 9.55 Å². The fourth-order valence-electron chi connectivity index (χ4n) is 4.99. The van der Waals surface area contributed by atoms with Crippen LogP contribution in [0.2, 0.25) is 5.02 Å². The van der Waals surface area contributed by atoms with Crippen molar-refractivity contribution in [3.05, 3.63) is 81.1 Å². The van der Waals surface area contributed by atoms with Crippen LogP contribution in [-0.4, -0.2) is 33.4 Å². The lowest BCUT2D eigenvalue weighted by Gasteiger charge is -2.18. The van der Waals surface area contributed by atoms with E-state index in [1.165, 1.54) is 28.4 Å². The number of benzene rings is 2. The number of nitrogens with one attached hydrogen (secondary N) is 2. The zero-order chi connectivity index (χ0) is 29.5. The van der Waals surface area contributed by atoms with Crippen LogP contribution in [-0.2, 0) is 16.0 Å². The molecule has 3 heterocycles. The number of amides is 1. The van der Waals surface area contributed by atoms with E-state index in [-0.39, 0.29) is 16.5 Å². The van der Waals surface area contributed by atoms with Gasteiger partial charge in [-0.3, -0.25) is 14.9 Å². The van der Waals surface area contributed by atoms with E-state index >= 15 is 4.39 Å². The van der Waals surface area contributed by atoms with E-state index in [0.29, 0.717) is 52.1 Å². The maximum absolute atomic E-state index is 15.1. The van der Waals surface area contributed by atoms with Gasteiger partial charge in [-0.05, 0) is 75.6 Å². The number of nitrogens with zero attached hydrogens (tertiary/aromatic N) is 2. The standard InChI is InChI=1S/C29H28ClFN6O4/c1-29(2,3)41-28(40)22-12-15-10-17(4-7-20(15)36-22)35-27(39)23-9-5-18-11-16(13-24(38)37(18)23)25-21(33-14-34-32)8-6-19(30)26(25)31/h4,6-8,10-14,23,36H,5,9,32H2,1-3H3,(H,33,34)(H,35,39)/p+1/t23-/m0/s1. The van der Waals surface area contributed by atoms with E-state index in [9.17, 15) is 14.4 Å². The van der Waals surface area contributed by atoms with Gasteiger partial charge in [-0.1, -0.05) is 11.6 Å². The third-order valence-electron chi connectivity index (χ3n) is 6.70. The SMILES string of the molecule is CC(C)(C)OC(=O)c1cc2cc(NC(=O)[C@@H]3CCc4cc(-c5c([NH2+]/C=N\N)ccc(Cl)c5F)cc(=O)n43)ccc2[nH]1. The Labute approximate surface area is 239 Å². The molecule has 2 aromatic carbocycles. The highest BCUT2D eigenvalue weighted by Gasteiger charge is 2.31. The highest BCUT2D eigenvalue weighted by Crippen LogP contribution is 2.35. The molecular weight excluding hydrogens is 551 g/mol. The minimum Gasteiger partial charge on any atom is -0.455 e. The molecule has 0 aliphatic carbocycles. The lowest BCUT2D eigenvalue weighted by atomic mass is 10.0. The summed E-state index contributed by atoms with van der Waals surface area (Å²) in [5.41, 5.74) is 2.01. The fraction of sp³-hybridized carbons (Fsp3) is 0.241. The van der Waals surface area contributed by atoms with Gasteiger partial charge in [0.05, 0.1) is 10.6 Å². The summed E-state index contributed by atoms with van der Waals surface area (Å²) in [6.07, 6.45) is 2.16. The van der Waals surface area contributed by atoms with E-state index in [0.717, 1.165) is 0 Å². The number of aryl methyl sites for hydroxylation is 1. The molecule has 12 heteroatoms. The van der Waals surface area contributed by atoms with E-state index in [1.54, 1.807) is 57.2 Å². The quantitative estimate of drug-likeness (QED) is 0.0681. The van der Waals surface area contributed by atoms with Crippen LogP contribution in [0.1, 0.15) is 49.4 Å². The Morgan fingerprint density at radius 1 is 1.22 bits per heavy atom. The van der Waals surface area contributed by atoms with Crippen LogP contribution in [0, 0.1) is 5.82 Å². The monoisotopic (exact) mass is 579 g/mol. The second-order valence-electron chi connectivity index (χ2n) is 10.8. The first kappa shape index (κ1) is 28.1. The number of hydrogen-bond donors (Lipinski definition) is 4. The number of rotatable bonds is 6. The molecule has 10 nitrogen and oxygen atoms in total. The number of fused-ring (bicyclic) bond motifs is 2. The second-order valence-corrected chi connectivity index (χ2v) is 11.2. The summed E-state index contributed by atoms with van der Waals surface area (Å²) in [6, 6.07) is 12.1. The molecule has 1 amide bonds. The zero-order valence-electron chi connectivity index (χ0n) is 22.6. The van der Waals surface area contributed by atoms with Crippen molar-refractivity contribution in [2.45, 2.75) is 45.3 Å². The van der Waals surface area contributed by atoms with Gasteiger partial charge < -0.3 is 25.4 Å². The largest absolute Gasteiger partial charge is 0.455 e. The number of carbonyl (C=O) groups excluding carboxylic acids is 2. The minimum absolute atomic E-state index is 0.0858. The number of aromatic amines is 1.